The maximum atomic E-state index is 11.7. The number of halogens is 1. The number of ether oxygens (including phenoxy) is 1. The molecule has 17 heavy (non-hydrogen) atoms. The Labute approximate surface area is 105 Å². The first-order chi connectivity index (χ1) is 8.18. The summed E-state index contributed by atoms with van der Waals surface area (Å²) in [5, 5.41) is 0.303. The summed E-state index contributed by atoms with van der Waals surface area (Å²) in [6.45, 7) is 0. The Hall–Kier alpha value is -1.35. The van der Waals surface area contributed by atoms with Crippen LogP contribution in [-0.4, -0.2) is 11.9 Å². The monoisotopic (exact) mass is 252 g/mol. The van der Waals surface area contributed by atoms with Crippen LogP contribution in [0.15, 0.2) is 24.3 Å². The second-order valence-corrected chi connectivity index (χ2v) is 4.58. The van der Waals surface area contributed by atoms with Gasteiger partial charge in [0.15, 0.2) is 0 Å². The van der Waals surface area contributed by atoms with Crippen molar-refractivity contribution in [1.29, 1.82) is 0 Å². The smallest absolute Gasteiger partial charge is 0.347 e. The second-order valence-electron chi connectivity index (χ2n) is 4.17. The van der Waals surface area contributed by atoms with Crippen molar-refractivity contribution in [3.05, 3.63) is 34.9 Å². The third-order valence-corrected chi connectivity index (χ3v) is 3.31. The van der Waals surface area contributed by atoms with Crippen LogP contribution in [0.25, 0.3) is 0 Å². The van der Waals surface area contributed by atoms with E-state index < -0.39 is 11.9 Å². The average molecular weight is 253 g/mol. The Balaban J connectivity index is 2.02. The molecule has 1 aromatic rings. The fraction of sp³-hybridized carbons (Fsp3) is 0.385. The van der Waals surface area contributed by atoms with E-state index in [1.54, 1.807) is 24.3 Å². The van der Waals surface area contributed by atoms with Crippen LogP contribution in [0, 0.1) is 5.92 Å². The zero-order valence-corrected chi connectivity index (χ0v) is 10.1. The van der Waals surface area contributed by atoms with Gasteiger partial charge in [0.25, 0.3) is 0 Å². The Kier molecular flexibility index (Phi) is 3.79. The lowest BCUT2D eigenvalue weighted by atomic mass is 10.1. The maximum absolute atomic E-state index is 11.7. The zero-order chi connectivity index (χ0) is 12.3. The van der Waals surface area contributed by atoms with Gasteiger partial charge in [-0.3, -0.25) is 4.79 Å². The first-order valence-electron chi connectivity index (χ1n) is 5.69. The minimum absolute atomic E-state index is 0.124. The molecular weight excluding hydrogens is 240 g/mol. The van der Waals surface area contributed by atoms with E-state index >= 15 is 0 Å². The predicted molar refractivity (Wildman–Crippen MR) is 63.8 cm³/mol. The maximum Gasteiger partial charge on any atom is 0.347 e. The van der Waals surface area contributed by atoms with Gasteiger partial charge in [0.2, 0.25) is 0 Å². The first kappa shape index (κ1) is 12.1. The van der Waals surface area contributed by atoms with E-state index in [0.717, 1.165) is 25.7 Å². The highest BCUT2D eigenvalue weighted by Gasteiger charge is 2.26. The van der Waals surface area contributed by atoms with E-state index in [1.165, 1.54) is 0 Å². The highest BCUT2D eigenvalue weighted by Crippen LogP contribution is 2.26. The molecule has 0 unspecified atom stereocenters. The van der Waals surface area contributed by atoms with Crippen LogP contribution in [0.5, 0.6) is 0 Å². The molecule has 1 saturated carbocycles. The highest BCUT2D eigenvalue weighted by molar-refractivity contribution is 6.33. The molecule has 2 rings (SSSR count). The Morgan fingerprint density at radius 1 is 1.18 bits per heavy atom. The molecule has 0 atom stereocenters. The van der Waals surface area contributed by atoms with Gasteiger partial charge in [-0.15, -0.1) is 0 Å². The molecule has 3 nitrogen and oxygen atoms in total. The summed E-state index contributed by atoms with van der Waals surface area (Å²) in [7, 11) is 0. The minimum Gasteiger partial charge on any atom is -0.389 e. The van der Waals surface area contributed by atoms with E-state index in [2.05, 4.69) is 0 Å². The third kappa shape index (κ3) is 2.86. The van der Waals surface area contributed by atoms with Gasteiger partial charge in [-0.2, -0.15) is 0 Å². The van der Waals surface area contributed by atoms with Gasteiger partial charge < -0.3 is 4.74 Å². The lowest BCUT2D eigenvalue weighted by Crippen LogP contribution is -2.19. The van der Waals surface area contributed by atoms with Crippen LogP contribution in [0.1, 0.15) is 36.0 Å². The van der Waals surface area contributed by atoms with Gasteiger partial charge >= 0.3 is 11.9 Å². The largest absolute Gasteiger partial charge is 0.389 e. The third-order valence-electron chi connectivity index (χ3n) is 2.98. The lowest BCUT2D eigenvalue weighted by Gasteiger charge is -2.08. The van der Waals surface area contributed by atoms with E-state index in [-0.39, 0.29) is 11.5 Å². The van der Waals surface area contributed by atoms with Crippen LogP contribution in [0.4, 0.5) is 0 Å². The summed E-state index contributed by atoms with van der Waals surface area (Å²) in [6, 6.07) is 6.55. The molecule has 0 N–H and O–H groups in total. The van der Waals surface area contributed by atoms with Gasteiger partial charge in [-0.05, 0) is 25.0 Å². The number of rotatable bonds is 2. The topological polar surface area (TPSA) is 43.4 Å². The number of carbonyl (C=O) groups is 2. The minimum atomic E-state index is -0.660. The van der Waals surface area contributed by atoms with Crippen molar-refractivity contribution in [2.75, 3.05) is 0 Å². The molecule has 1 aliphatic rings. The summed E-state index contributed by atoms with van der Waals surface area (Å²) < 4.78 is 4.84. The van der Waals surface area contributed by atoms with Crippen molar-refractivity contribution in [2.24, 2.45) is 5.92 Å². The van der Waals surface area contributed by atoms with Crippen molar-refractivity contribution in [1.82, 2.24) is 0 Å². The van der Waals surface area contributed by atoms with Crippen molar-refractivity contribution in [3.63, 3.8) is 0 Å². The highest BCUT2D eigenvalue weighted by atomic mass is 35.5. The van der Waals surface area contributed by atoms with Crippen molar-refractivity contribution in [3.8, 4) is 0 Å². The lowest BCUT2D eigenvalue weighted by molar-refractivity contribution is -0.142. The predicted octanol–water partition coefficient (Wildman–Crippen LogP) is 3.21. The molecule has 0 aromatic heterocycles. The summed E-state index contributed by atoms with van der Waals surface area (Å²) in [5.74, 6) is -1.21. The molecule has 1 aromatic carbocycles. The SMILES string of the molecule is O=C(OC(=O)C1CCCC1)c1ccccc1Cl. The Morgan fingerprint density at radius 3 is 2.47 bits per heavy atom. The van der Waals surface area contributed by atoms with Crippen LogP contribution in [0.2, 0.25) is 5.02 Å². The summed E-state index contributed by atoms with van der Waals surface area (Å²) in [5.41, 5.74) is 0.237. The Morgan fingerprint density at radius 2 is 1.82 bits per heavy atom. The molecule has 0 spiro atoms. The molecular formula is C13H13ClO3. The van der Waals surface area contributed by atoms with Gasteiger partial charge in [0.05, 0.1) is 16.5 Å². The number of hydrogen-bond acceptors (Lipinski definition) is 3. The summed E-state index contributed by atoms with van der Waals surface area (Å²) >= 11 is 5.85. The molecule has 0 amide bonds. The first-order valence-corrected chi connectivity index (χ1v) is 6.07. The molecule has 0 saturated heterocycles. The normalized spacial score (nSPS) is 15.8. The summed E-state index contributed by atoms with van der Waals surface area (Å²) in [4.78, 5) is 23.4. The van der Waals surface area contributed by atoms with E-state index in [4.69, 9.17) is 16.3 Å². The fourth-order valence-corrected chi connectivity index (χ4v) is 2.23. The standard InChI is InChI=1S/C13H13ClO3/c14-11-8-4-3-7-10(11)13(16)17-12(15)9-5-1-2-6-9/h3-4,7-9H,1-2,5-6H2. The second kappa shape index (κ2) is 5.32. The molecule has 1 aliphatic carbocycles. The fourth-order valence-electron chi connectivity index (χ4n) is 2.02. The van der Waals surface area contributed by atoms with E-state index in [1.807, 2.05) is 0 Å². The van der Waals surface area contributed by atoms with Crippen LogP contribution < -0.4 is 0 Å². The van der Waals surface area contributed by atoms with Gasteiger partial charge in [-0.1, -0.05) is 36.6 Å². The number of esters is 2. The van der Waals surface area contributed by atoms with Gasteiger partial charge in [0.1, 0.15) is 0 Å². The van der Waals surface area contributed by atoms with E-state index in [0.29, 0.717) is 5.02 Å². The van der Waals surface area contributed by atoms with Gasteiger partial charge in [0, 0.05) is 0 Å². The average Bonchev–Trinajstić information content (AvgIpc) is 2.82. The van der Waals surface area contributed by atoms with Crippen molar-refractivity contribution >= 4 is 23.5 Å². The zero-order valence-electron chi connectivity index (χ0n) is 9.32. The molecule has 1 fully saturated rings. The molecule has 90 valence electrons. The van der Waals surface area contributed by atoms with E-state index in [9.17, 15) is 9.59 Å². The Bertz CT molecular complexity index is 436. The number of hydrogen-bond donors (Lipinski definition) is 0. The van der Waals surface area contributed by atoms with Gasteiger partial charge in [-0.25, -0.2) is 4.79 Å². The van der Waals surface area contributed by atoms with Crippen LogP contribution in [0.3, 0.4) is 0 Å². The summed E-state index contributed by atoms with van der Waals surface area (Å²) in [6.07, 6.45) is 3.68. The van der Waals surface area contributed by atoms with Crippen molar-refractivity contribution in [2.45, 2.75) is 25.7 Å². The van der Waals surface area contributed by atoms with Crippen LogP contribution >= 0.6 is 11.6 Å². The molecule has 4 heteroatoms. The number of carbonyl (C=O) groups excluding carboxylic acids is 2. The van der Waals surface area contributed by atoms with Crippen molar-refractivity contribution < 1.29 is 14.3 Å². The molecule has 0 heterocycles. The number of benzene rings is 1. The molecule has 0 aliphatic heterocycles. The molecule has 0 radical (unpaired) electrons. The quantitative estimate of drug-likeness (QED) is 0.600. The van der Waals surface area contributed by atoms with Crippen LogP contribution in [-0.2, 0) is 9.53 Å². The molecule has 0 bridgehead atoms.